The molecule has 0 spiro atoms. The molecule has 0 amide bonds. The van der Waals surface area contributed by atoms with E-state index in [2.05, 4.69) is 29.1 Å². The molecule has 0 aliphatic rings. The molecule has 0 aliphatic carbocycles. The predicted octanol–water partition coefficient (Wildman–Crippen LogP) is 3.48. The van der Waals surface area contributed by atoms with Gasteiger partial charge in [0, 0.05) is 12.0 Å². The van der Waals surface area contributed by atoms with Gasteiger partial charge < -0.3 is 4.74 Å². The molecule has 5 nitrogen and oxygen atoms in total. The Morgan fingerprint density at radius 3 is 2.77 bits per heavy atom. The molecule has 22 heavy (non-hydrogen) atoms. The zero-order valence-corrected chi connectivity index (χ0v) is 14.3. The van der Waals surface area contributed by atoms with Crippen molar-refractivity contribution >= 4 is 18.0 Å². The molecular weight excluding hydrogens is 296 g/mol. The summed E-state index contributed by atoms with van der Waals surface area (Å²) in [7, 11) is 0. The number of benzene rings is 1. The molecule has 0 aliphatic heterocycles. The van der Waals surface area contributed by atoms with Crippen LogP contribution in [0.3, 0.4) is 0 Å². The summed E-state index contributed by atoms with van der Waals surface area (Å²) < 4.78 is 7.63. The number of thioether (sulfide) groups is 1. The third-order valence-corrected chi connectivity index (χ3v) is 3.60. The molecule has 2 rings (SSSR count). The summed E-state index contributed by atoms with van der Waals surface area (Å²) in [4.78, 5) is 0. The lowest BCUT2D eigenvalue weighted by Gasteiger charge is -2.10. The van der Waals surface area contributed by atoms with Gasteiger partial charge in [-0.2, -0.15) is 9.78 Å². The zero-order chi connectivity index (χ0) is 15.9. The minimum absolute atomic E-state index is 0.484. The Kier molecular flexibility index (Phi) is 6.00. The molecule has 1 heterocycles. The standard InChI is InChI=1S/C16H22N4OS/c1-5-15-18-19-16(22-4)20(15)17-10-13-8-6-7-9-14(13)21-11-12(2)3/h6-10,12H,5,11H2,1-4H3/b17-10-. The monoisotopic (exact) mass is 318 g/mol. The van der Waals surface area contributed by atoms with Crippen molar-refractivity contribution in [3.8, 4) is 5.75 Å². The molecule has 0 saturated heterocycles. The molecular formula is C16H22N4OS. The quantitative estimate of drug-likeness (QED) is 0.579. The second-order valence-electron chi connectivity index (χ2n) is 5.26. The Bertz CT molecular complexity index is 615. The molecule has 2 aromatic rings. The van der Waals surface area contributed by atoms with E-state index in [-0.39, 0.29) is 0 Å². The van der Waals surface area contributed by atoms with E-state index in [0.717, 1.165) is 28.7 Å². The maximum atomic E-state index is 5.84. The summed E-state index contributed by atoms with van der Waals surface area (Å²) in [5, 5.41) is 13.6. The molecule has 0 N–H and O–H groups in total. The number of aromatic nitrogens is 3. The second-order valence-corrected chi connectivity index (χ2v) is 6.03. The molecule has 0 radical (unpaired) electrons. The van der Waals surface area contributed by atoms with Gasteiger partial charge in [-0.3, -0.25) is 0 Å². The van der Waals surface area contributed by atoms with Gasteiger partial charge in [-0.05, 0) is 24.3 Å². The normalized spacial score (nSPS) is 11.5. The van der Waals surface area contributed by atoms with Gasteiger partial charge in [0.25, 0.3) is 0 Å². The van der Waals surface area contributed by atoms with E-state index in [1.54, 1.807) is 10.9 Å². The lowest BCUT2D eigenvalue weighted by molar-refractivity contribution is 0.270. The Labute approximate surface area is 135 Å². The van der Waals surface area contributed by atoms with Crippen LogP contribution < -0.4 is 4.74 Å². The smallest absolute Gasteiger partial charge is 0.211 e. The number of para-hydroxylation sites is 1. The highest BCUT2D eigenvalue weighted by molar-refractivity contribution is 7.98. The van der Waals surface area contributed by atoms with Crippen LogP contribution in [0.15, 0.2) is 34.5 Å². The number of ether oxygens (including phenoxy) is 1. The maximum Gasteiger partial charge on any atom is 0.211 e. The Morgan fingerprint density at radius 1 is 1.32 bits per heavy atom. The number of aryl methyl sites for hydroxylation is 1. The summed E-state index contributed by atoms with van der Waals surface area (Å²) in [6.07, 6.45) is 4.56. The van der Waals surface area contributed by atoms with E-state index in [9.17, 15) is 0 Å². The first-order valence-corrected chi connectivity index (χ1v) is 8.62. The first-order valence-electron chi connectivity index (χ1n) is 7.40. The average Bonchev–Trinajstić information content (AvgIpc) is 2.93. The first-order chi connectivity index (χ1) is 10.7. The summed E-state index contributed by atoms with van der Waals surface area (Å²) >= 11 is 1.53. The SMILES string of the molecule is CCc1nnc(SC)n1/N=C\c1ccccc1OCC(C)C. The molecule has 1 aromatic carbocycles. The van der Waals surface area contributed by atoms with Gasteiger partial charge in [-0.15, -0.1) is 10.2 Å². The number of nitrogens with zero attached hydrogens (tertiary/aromatic N) is 4. The highest BCUT2D eigenvalue weighted by Crippen LogP contribution is 2.18. The van der Waals surface area contributed by atoms with Crippen molar-refractivity contribution < 1.29 is 4.74 Å². The second kappa shape index (κ2) is 7.98. The van der Waals surface area contributed by atoms with E-state index in [4.69, 9.17) is 4.74 Å². The maximum absolute atomic E-state index is 5.84. The largest absolute Gasteiger partial charge is 0.493 e. The van der Waals surface area contributed by atoms with Gasteiger partial charge in [0.05, 0.1) is 12.8 Å². The van der Waals surface area contributed by atoms with Crippen molar-refractivity contribution in [1.82, 2.24) is 14.9 Å². The van der Waals surface area contributed by atoms with Crippen LogP contribution in [0, 0.1) is 5.92 Å². The van der Waals surface area contributed by atoms with E-state index in [0.29, 0.717) is 12.5 Å². The lowest BCUT2D eigenvalue weighted by atomic mass is 10.2. The molecule has 118 valence electrons. The van der Waals surface area contributed by atoms with Crippen LogP contribution >= 0.6 is 11.8 Å². The minimum Gasteiger partial charge on any atom is -0.493 e. The van der Waals surface area contributed by atoms with Crippen molar-refractivity contribution in [1.29, 1.82) is 0 Å². The summed E-state index contributed by atoms with van der Waals surface area (Å²) in [5.41, 5.74) is 0.950. The molecule has 0 saturated carbocycles. The van der Waals surface area contributed by atoms with Crippen LogP contribution in [0.4, 0.5) is 0 Å². The summed E-state index contributed by atoms with van der Waals surface area (Å²) in [6.45, 7) is 6.99. The van der Waals surface area contributed by atoms with Crippen molar-refractivity contribution in [2.75, 3.05) is 12.9 Å². The fraction of sp³-hybridized carbons (Fsp3) is 0.438. The third kappa shape index (κ3) is 4.10. The van der Waals surface area contributed by atoms with Crippen molar-refractivity contribution in [2.24, 2.45) is 11.0 Å². The van der Waals surface area contributed by atoms with Gasteiger partial charge >= 0.3 is 0 Å². The van der Waals surface area contributed by atoms with Gasteiger partial charge in [-0.25, -0.2) is 0 Å². The number of hydrogen-bond acceptors (Lipinski definition) is 5. The summed E-state index contributed by atoms with van der Waals surface area (Å²) in [6, 6.07) is 7.91. The van der Waals surface area contributed by atoms with Gasteiger partial charge in [0.2, 0.25) is 5.16 Å². The minimum atomic E-state index is 0.484. The summed E-state index contributed by atoms with van der Waals surface area (Å²) in [5.74, 6) is 2.18. The zero-order valence-electron chi connectivity index (χ0n) is 13.5. The molecule has 0 bridgehead atoms. The van der Waals surface area contributed by atoms with Gasteiger partial charge in [0.1, 0.15) is 5.75 Å². The van der Waals surface area contributed by atoms with Crippen LogP contribution in [0.2, 0.25) is 0 Å². The van der Waals surface area contributed by atoms with E-state index in [1.165, 1.54) is 11.8 Å². The fourth-order valence-electron chi connectivity index (χ4n) is 1.85. The molecule has 0 atom stereocenters. The predicted molar refractivity (Wildman–Crippen MR) is 90.9 cm³/mol. The molecule has 0 unspecified atom stereocenters. The number of hydrogen-bond donors (Lipinski definition) is 0. The highest BCUT2D eigenvalue weighted by atomic mass is 32.2. The van der Waals surface area contributed by atoms with Gasteiger partial charge in [0.15, 0.2) is 5.82 Å². The van der Waals surface area contributed by atoms with Gasteiger partial charge in [-0.1, -0.05) is 44.7 Å². The third-order valence-electron chi connectivity index (χ3n) is 2.98. The Hall–Kier alpha value is -1.82. The average molecular weight is 318 g/mol. The van der Waals surface area contributed by atoms with E-state index in [1.807, 2.05) is 37.4 Å². The lowest BCUT2D eigenvalue weighted by Crippen LogP contribution is -2.06. The first kappa shape index (κ1) is 16.5. The molecule has 6 heteroatoms. The van der Waals surface area contributed by atoms with Crippen LogP contribution in [0.1, 0.15) is 32.2 Å². The van der Waals surface area contributed by atoms with Crippen LogP contribution in [-0.2, 0) is 6.42 Å². The van der Waals surface area contributed by atoms with E-state index < -0.39 is 0 Å². The number of rotatable bonds is 7. The fourth-order valence-corrected chi connectivity index (χ4v) is 2.30. The van der Waals surface area contributed by atoms with Crippen molar-refractivity contribution in [3.05, 3.63) is 35.7 Å². The highest BCUT2D eigenvalue weighted by Gasteiger charge is 2.09. The topological polar surface area (TPSA) is 52.3 Å². The van der Waals surface area contributed by atoms with Crippen molar-refractivity contribution in [3.63, 3.8) is 0 Å². The van der Waals surface area contributed by atoms with Crippen LogP contribution in [-0.4, -0.2) is 34.0 Å². The molecule has 1 aromatic heterocycles. The van der Waals surface area contributed by atoms with Crippen LogP contribution in [0.5, 0.6) is 5.75 Å². The van der Waals surface area contributed by atoms with Crippen LogP contribution in [0.25, 0.3) is 0 Å². The van der Waals surface area contributed by atoms with Crippen molar-refractivity contribution in [2.45, 2.75) is 32.3 Å². The Balaban J connectivity index is 2.25. The molecule has 0 fully saturated rings. The Morgan fingerprint density at radius 2 is 2.09 bits per heavy atom. The van der Waals surface area contributed by atoms with E-state index >= 15 is 0 Å².